The maximum Gasteiger partial charge on any atom is 0.213 e. The van der Waals surface area contributed by atoms with Gasteiger partial charge in [-0.3, -0.25) is 4.98 Å². The summed E-state index contributed by atoms with van der Waals surface area (Å²) in [4.78, 5) is 8.51. The molecule has 0 spiro atoms. The number of rotatable bonds is 8. The number of aryl methyl sites for hydroxylation is 1. The van der Waals surface area contributed by atoms with Crippen molar-refractivity contribution < 1.29 is 4.74 Å². The number of hydrogen-bond donors (Lipinski definition) is 1. The lowest BCUT2D eigenvalue weighted by Gasteiger charge is -2.09. The molecular formula is C17H23N3O. The zero-order chi connectivity index (χ0) is 14.9. The maximum absolute atomic E-state index is 5.72. The van der Waals surface area contributed by atoms with Crippen molar-refractivity contribution >= 4 is 0 Å². The number of nitrogens with one attached hydrogen (secondary N) is 1. The Kier molecular flexibility index (Phi) is 6.16. The van der Waals surface area contributed by atoms with Gasteiger partial charge in [0.1, 0.15) is 0 Å². The van der Waals surface area contributed by atoms with Crippen molar-refractivity contribution in [2.75, 3.05) is 6.61 Å². The Morgan fingerprint density at radius 2 is 1.95 bits per heavy atom. The molecule has 0 fully saturated rings. The molecule has 0 bridgehead atoms. The van der Waals surface area contributed by atoms with Crippen LogP contribution in [0.4, 0.5) is 0 Å². The summed E-state index contributed by atoms with van der Waals surface area (Å²) in [7, 11) is 0. The lowest BCUT2D eigenvalue weighted by Crippen LogP contribution is -2.22. The van der Waals surface area contributed by atoms with E-state index in [9.17, 15) is 0 Å². The van der Waals surface area contributed by atoms with Gasteiger partial charge in [-0.05, 0) is 36.6 Å². The second kappa shape index (κ2) is 8.37. The van der Waals surface area contributed by atoms with E-state index in [1.165, 1.54) is 5.56 Å². The zero-order valence-corrected chi connectivity index (χ0v) is 12.7. The van der Waals surface area contributed by atoms with Crippen molar-refractivity contribution in [1.29, 1.82) is 0 Å². The molecule has 0 radical (unpaired) electrons. The van der Waals surface area contributed by atoms with E-state index in [4.69, 9.17) is 4.74 Å². The summed E-state index contributed by atoms with van der Waals surface area (Å²) >= 11 is 0. The predicted octanol–water partition coefficient (Wildman–Crippen LogP) is 2.99. The molecule has 4 nitrogen and oxygen atoms in total. The van der Waals surface area contributed by atoms with Gasteiger partial charge in [-0.25, -0.2) is 4.98 Å². The predicted molar refractivity (Wildman–Crippen MR) is 84.3 cm³/mol. The van der Waals surface area contributed by atoms with E-state index in [0.29, 0.717) is 18.5 Å². The number of pyridine rings is 2. The van der Waals surface area contributed by atoms with Crippen LogP contribution in [0.15, 0.2) is 42.7 Å². The number of nitrogens with zero attached hydrogens (tertiary/aromatic N) is 2. The van der Waals surface area contributed by atoms with Gasteiger partial charge in [0.15, 0.2) is 0 Å². The number of hydrogen-bond acceptors (Lipinski definition) is 4. The van der Waals surface area contributed by atoms with E-state index in [0.717, 1.165) is 25.1 Å². The molecular weight excluding hydrogens is 262 g/mol. The van der Waals surface area contributed by atoms with Gasteiger partial charge in [-0.1, -0.05) is 19.9 Å². The van der Waals surface area contributed by atoms with Gasteiger partial charge in [-0.15, -0.1) is 0 Å². The highest BCUT2D eigenvalue weighted by Gasteiger charge is 2.00. The SMILES string of the molecule is CC(C)NCc1cccc(OCCCc2ccncc2)n1. The molecule has 0 unspecified atom stereocenters. The summed E-state index contributed by atoms with van der Waals surface area (Å²) in [6.45, 7) is 5.70. The van der Waals surface area contributed by atoms with Crippen LogP contribution in [0.5, 0.6) is 5.88 Å². The van der Waals surface area contributed by atoms with E-state index in [-0.39, 0.29) is 0 Å². The van der Waals surface area contributed by atoms with E-state index in [2.05, 4.69) is 29.1 Å². The summed E-state index contributed by atoms with van der Waals surface area (Å²) < 4.78 is 5.72. The van der Waals surface area contributed by atoms with Crippen molar-refractivity contribution in [1.82, 2.24) is 15.3 Å². The first-order valence-electron chi connectivity index (χ1n) is 7.45. The fraction of sp³-hybridized carbons (Fsp3) is 0.412. The van der Waals surface area contributed by atoms with E-state index < -0.39 is 0 Å². The number of ether oxygens (including phenoxy) is 1. The van der Waals surface area contributed by atoms with Crippen LogP contribution >= 0.6 is 0 Å². The second-order valence-corrected chi connectivity index (χ2v) is 5.31. The minimum Gasteiger partial charge on any atom is -0.478 e. The molecule has 2 aromatic heterocycles. The highest BCUT2D eigenvalue weighted by molar-refractivity contribution is 5.16. The molecule has 0 aromatic carbocycles. The maximum atomic E-state index is 5.72. The second-order valence-electron chi connectivity index (χ2n) is 5.31. The summed E-state index contributed by atoms with van der Waals surface area (Å²) in [5.74, 6) is 0.702. The third-order valence-electron chi connectivity index (χ3n) is 3.08. The van der Waals surface area contributed by atoms with Gasteiger partial charge in [0.25, 0.3) is 0 Å². The van der Waals surface area contributed by atoms with E-state index in [1.807, 2.05) is 42.7 Å². The van der Waals surface area contributed by atoms with Crippen LogP contribution in [0.3, 0.4) is 0 Å². The molecule has 2 heterocycles. The largest absolute Gasteiger partial charge is 0.478 e. The lowest BCUT2D eigenvalue weighted by atomic mass is 10.1. The molecule has 0 saturated heterocycles. The summed E-state index contributed by atoms with van der Waals surface area (Å²) in [6.07, 6.45) is 5.61. The van der Waals surface area contributed by atoms with Crippen LogP contribution < -0.4 is 10.1 Å². The molecule has 0 amide bonds. The van der Waals surface area contributed by atoms with Gasteiger partial charge >= 0.3 is 0 Å². The quantitative estimate of drug-likeness (QED) is 0.757. The van der Waals surface area contributed by atoms with Gasteiger partial charge < -0.3 is 10.1 Å². The molecule has 0 aliphatic carbocycles. The highest BCUT2D eigenvalue weighted by atomic mass is 16.5. The molecule has 0 aliphatic heterocycles. The Hall–Kier alpha value is -1.94. The molecule has 2 rings (SSSR count). The van der Waals surface area contributed by atoms with E-state index >= 15 is 0 Å². The van der Waals surface area contributed by atoms with Crippen LogP contribution in [0, 0.1) is 0 Å². The minimum absolute atomic E-state index is 0.455. The van der Waals surface area contributed by atoms with Crippen molar-refractivity contribution in [2.45, 2.75) is 39.3 Å². The fourth-order valence-corrected chi connectivity index (χ4v) is 1.95. The standard InChI is InChI=1S/C17H23N3O/c1-14(2)19-13-16-6-3-7-17(20-16)21-12-4-5-15-8-10-18-11-9-15/h3,6-11,14,19H,4-5,12-13H2,1-2H3. The van der Waals surface area contributed by atoms with Crippen LogP contribution in [0.2, 0.25) is 0 Å². The van der Waals surface area contributed by atoms with Crippen LogP contribution in [-0.4, -0.2) is 22.6 Å². The number of aromatic nitrogens is 2. The normalized spacial score (nSPS) is 10.8. The summed E-state index contributed by atoms with van der Waals surface area (Å²) in [6, 6.07) is 10.4. The van der Waals surface area contributed by atoms with Crippen molar-refractivity contribution in [2.24, 2.45) is 0 Å². The third-order valence-corrected chi connectivity index (χ3v) is 3.08. The average molecular weight is 285 g/mol. The molecule has 1 N–H and O–H groups in total. The highest BCUT2D eigenvalue weighted by Crippen LogP contribution is 2.09. The molecule has 4 heteroatoms. The van der Waals surface area contributed by atoms with Crippen LogP contribution in [-0.2, 0) is 13.0 Å². The van der Waals surface area contributed by atoms with Crippen molar-refractivity contribution in [3.8, 4) is 5.88 Å². The topological polar surface area (TPSA) is 47.0 Å². The van der Waals surface area contributed by atoms with Gasteiger partial charge in [0.05, 0.1) is 12.3 Å². The first-order valence-corrected chi connectivity index (χ1v) is 7.45. The van der Waals surface area contributed by atoms with Gasteiger partial charge in [0, 0.05) is 31.0 Å². The van der Waals surface area contributed by atoms with Gasteiger partial charge in [0.2, 0.25) is 5.88 Å². The van der Waals surface area contributed by atoms with Crippen LogP contribution in [0.1, 0.15) is 31.5 Å². The summed E-state index contributed by atoms with van der Waals surface area (Å²) in [5, 5.41) is 3.35. The zero-order valence-electron chi connectivity index (χ0n) is 12.7. The Balaban J connectivity index is 1.74. The Morgan fingerprint density at radius 3 is 2.71 bits per heavy atom. The Labute approximate surface area is 126 Å². The molecule has 21 heavy (non-hydrogen) atoms. The Bertz CT molecular complexity index is 529. The molecule has 0 atom stereocenters. The smallest absolute Gasteiger partial charge is 0.213 e. The van der Waals surface area contributed by atoms with Crippen molar-refractivity contribution in [3.63, 3.8) is 0 Å². The fourth-order valence-electron chi connectivity index (χ4n) is 1.95. The van der Waals surface area contributed by atoms with Gasteiger partial charge in [-0.2, -0.15) is 0 Å². The molecule has 2 aromatic rings. The molecule has 0 aliphatic rings. The average Bonchev–Trinajstić information content (AvgIpc) is 2.51. The third kappa shape index (κ3) is 5.92. The monoisotopic (exact) mass is 285 g/mol. The lowest BCUT2D eigenvalue weighted by molar-refractivity contribution is 0.298. The Morgan fingerprint density at radius 1 is 1.14 bits per heavy atom. The van der Waals surface area contributed by atoms with E-state index in [1.54, 1.807) is 0 Å². The first-order chi connectivity index (χ1) is 10.2. The first kappa shape index (κ1) is 15.4. The minimum atomic E-state index is 0.455. The molecule has 0 saturated carbocycles. The van der Waals surface area contributed by atoms with Crippen LogP contribution in [0.25, 0.3) is 0 Å². The molecule has 112 valence electrons. The summed E-state index contributed by atoms with van der Waals surface area (Å²) in [5.41, 5.74) is 2.30. The van der Waals surface area contributed by atoms with Crippen molar-refractivity contribution in [3.05, 3.63) is 54.0 Å².